The number of nitrogens with one attached hydrogen (secondary N) is 3. The van der Waals surface area contributed by atoms with E-state index >= 15 is 0 Å². The molecule has 0 saturated heterocycles. The molecule has 3 N–H and O–H groups in total. The highest BCUT2D eigenvalue weighted by molar-refractivity contribution is 7.89. The summed E-state index contributed by atoms with van der Waals surface area (Å²) in [6.45, 7) is 6.67. The first-order valence-electron chi connectivity index (χ1n) is 9.50. The minimum absolute atomic E-state index is 0.0868. The number of anilines is 1. The molecule has 160 valence electrons. The lowest BCUT2D eigenvalue weighted by Crippen LogP contribution is -2.27. The molecule has 1 aromatic heterocycles. The van der Waals surface area contributed by atoms with Crippen molar-refractivity contribution in [1.82, 2.24) is 14.7 Å². The Morgan fingerprint density at radius 1 is 1.13 bits per heavy atom. The molecule has 2 aromatic carbocycles. The number of rotatable bonds is 7. The fourth-order valence-electron chi connectivity index (χ4n) is 2.79. The largest absolute Gasteiger partial charge is 0.383 e. The van der Waals surface area contributed by atoms with Crippen molar-refractivity contribution in [2.75, 3.05) is 25.6 Å². The average molecular weight is 431 g/mol. The van der Waals surface area contributed by atoms with Crippen LogP contribution in [0.1, 0.15) is 37.0 Å². The molecule has 0 atom stereocenters. The number of aromatic amines is 1. The molecule has 3 rings (SSSR count). The number of ether oxygens (including phenoxy) is 1. The fraction of sp³-hybridized carbons (Fsp3) is 0.333. The Balaban J connectivity index is 1.73. The van der Waals surface area contributed by atoms with Crippen LogP contribution in [0.4, 0.5) is 5.69 Å². The van der Waals surface area contributed by atoms with E-state index in [4.69, 9.17) is 4.74 Å². The van der Waals surface area contributed by atoms with Gasteiger partial charge in [0.05, 0.1) is 22.5 Å². The molecule has 0 aliphatic carbocycles. The molecule has 30 heavy (non-hydrogen) atoms. The Morgan fingerprint density at radius 2 is 1.83 bits per heavy atom. The van der Waals surface area contributed by atoms with E-state index in [1.165, 1.54) is 31.4 Å². The zero-order valence-corrected chi connectivity index (χ0v) is 18.3. The lowest BCUT2D eigenvalue weighted by atomic mass is 9.96. The minimum Gasteiger partial charge on any atom is -0.383 e. The van der Waals surface area contributed by atoms with Crippen LogP contribution in [0.15, 0.2) is 47.4 Å². The summed E-state index contributed by atoms with van der Waals surface area (Å²) in [6.07, 6.45) is 0. The van der Waals surface area contributed by atoms with Crippen LogP contribution >= 0.6 is 0 Å². The van der Waals surface area contributed by atoms with Crippen LogP contribution < -0.4 is 10.0 Å². The standard InChI is InChI=1S/C21H26N4O4S/c1-21(2,3)20-24-17-10-7-15(13-18(17)25-20)23-19(26)14-5-8-16(9-6-14)30(27,28)22-11-12-29-4/h5-10,13,22H,11-12H2,1-4H3,(H,23,26)(H,24,25). The Morgan fingerprint density at radius 3 is 2.47 bits per heavy atom. The number of methoxy groups -OCH3 is 1. The summed E-state index contributed by atoms with van der Waals surface area (Å²) in [5, 5.41) is 2.83. The molecular formula is C21H26N4O4S. The third-order valence-corrected chi connectivity index (χ3v) is 5.95. The normalized spacial score (nSPS) is 12.3. The SMILES string of the molecule is COCCNS(=O)(=O)c1ccc(C(=O)Nc2ccc3nc(C(C)(C)C)[nH]c3c2)cc1. The van der Waals surface area contributed by atoms with Crippen molar-refractivity contribution in [1.29, 1.82) is 0 Å². The number of nitrogens with zero attached hydrogens (tertiary/aromatic N) is 1. The van der Waals surface area contributed by atoms with Gasteiger partial charge in [-0.25, -0.2) is 18.1 Å². The second kappa shape index (κ2) is 8.55. The van der Waals surface area contributed by atoms with Crippen molar-refractivity contribution in [2.24, 2.45) is 0 Å². The molecular weight excluding hydrogens is 404 g/mol. The topological polar surface area (TPSA) is 113 Å². The van der Waals surface area contributed by atoms with E-state index < -0.39 is 10.0 Å². The molecule has 0 spiro atoms. The number of carbonyl (C=O) groups excluding carboxylic acids is 1. The highest BCUT2D eigenvalue weighted by atomic mass is 32.2. The van der Waals surface area contributed by atoms with E-state index in [9.17, 15) is 13.2 Å². The maximum absolute atomic E-state index is 12.6. The van der Waals surface area contributed by atoms with E-state index in [0.29, 0.717) is 11.3 Å². The molecule has 0 fully saturated rings. The summed E-state index contributed by atoms with van der Waals surface area (Å²) in [6, 6.07) is 11.2. The van der Waals surface area contributed by atoms with Crippen LogP contribution in [-0.2, 0) is 20.2 Å². The van der Waals surface area contributed by atoms with Gasteiger partial charge in [0.25, 0.3) is 5.91 Å². The molecule has 8 nitrogen and oxygen atoms in total. The Kier molecular flexibility index (Phi) is 6.25. The van der Waals surface area contributed by atoms with Crippen molar-refractivity contribution in [3.8, 4) is 0 Å². The number of hydrogen-bond donors (Lipinski definition) is 3. The van der Waals surface area contributed by atoms with E-state index in [0.717, 1.165) is 16.9 Å². The van der Waals surface area contributed by atoms with E-state index in [-0.39, 0.29) is 29.4 Å². The van der Waals surface area contributed by atoms with Gasteiger partial charge < -0.3 is 15.0 Å². The molecule has 0 saturated carbocycles. The van der Waals surface area contributed by atoms with Gasteiger partial charge in [0.2, 0.25) is 10.0 Å². The molecule has 3 aromatic rings. The van der Waals surface area contributed by atoms with E-state index in [2.05, 4.69) is 40.8 Å². The molecule has 1 heterocycles. The Labute approximate surface area is 176 Å². The van der Waals surface area contributed by atoms with Gasteiger partial charge in [0, 0.05) is 30.3 Å². The van der Waals surface area contributed by atoms with Crippen LogP contribution in [0, 0.1) is 0 Å². The first-order chi connectivity index (χ1) is 14.1. The third kappa shape index (κ3) is 5.05. The van der Waals surface area contributed by atoms with Crippen molar-refractivity contribution in [2.45, 2.75) is 31.1 Å². The molecule has 9 heteroatoms. The van der Waals surface area contributed by atoms with Gasteiger partial charge in [-0.3, -0.25) is 4.79 Å². The quantitative estimate of drug-likeness (QED) is 0.499. The van der Waals surface area contributed by atoms with Crippen LogP contribution in [-0.4, -0.2) is 44.6 Å². The van der Waals surface area contributed by atoms with Crippen molar-refractivity contribution in [3.05, 3.63) is 53.9 Å². The number of hydrogen-bond acceptors (Lipinski definition) is 5. The zero-order valence-electron chi connectivity index (χ0n) is 17.4. The molecule has 0 aliphatic heterocycles. The van der Waals surface area contributed by atoms with Gasteiger partial charge in [0.15, 0.2) is 0 Å². The van der Waals surface area contributed by atoms with Gasteiger partial charge in [0.1, 0.15) is 5.82 Å². The maximum Gasteiger partial charge on any atom is 0.255 e. The summed E-state index contributed by atoms with van der Waals surface area (Å²) in [5.74, 6) is 0.540. The second-order valence-corrected chi connectivity index (χ2v) is 9.70. The summed E-state index contributed by atoms with van der Waals surface area (Å²) < 4.78 is 31.7. The number of fused-ring (bicyclic) bond motifs is 1. The number of amides is 1. The molecule has 0 bridgehead atoms. The predicted molar refractivity (Wildman–Crippen MR) is 116 cm³/mol. The molecule has 0 radical (unpaired) electrons. The van der Waals surface area contributed by atoms with E-state index in [1.807, 2.05) is 12.1 Å². The highest BCUT2D eigenvalue weighted by Gasteiger charge is 2.19. The van der Waals surface area contributed by atoms with Crippen molar-refractivity contribution < 1.29 is 17.9 Å². The lowest BCUT2D eigenvalue weighted by molar-refractivity contribution is 0.102. The van der Waals surface area contributed by atoms with Gasteiger partial charge in [-0.05, 0) is 42.5 Å². The predicted octanol–water partition coefficient (Wildman–Crippen LogP) is 3.04. The van der Waals surface area contributed by atoms with Crippen LogP contribution in [0.25, 0.3) is 11.0 Å². The Hall–Kier alpha value is -2.75. The fourth-order valence-corrected chi connectivity index (χ4v) is 3.81. The number of H-pyrrole nitrogens is 1. The molecule has 1 amide bonds. The Bertz CT molecular complexity index is 1150. The lowest BCUT2D eigenvalue weighted by Gasteiger charge is -2.13. The summed E-state index contributed by atoms with van der Waals surface area (Å²) >= 11 is 0. The monoisotopic (exact) mass is 430 g/mol. The third-order valence-electron chi connectivity index (χ3n) is 4.48. The number of benzene rings is 2. The number of sulfonamides is 1. The number of carbonyl (C=O) groups is 1. The van der Waals surface area contributed by atoms with Gasteiger partial charge in [-0.2, -0.15) is 0 Å². The summed E-state index contributed by atoms with van der Waals surface area (Å²) in [7, 11) is -2.15. The van der Waals surface area contributed by atoms with Gasteiger partial charge in [-0.15, -0.1) is 0 Å². The van der Waals surface area contributed by atoms with Crippen LogP contribution in [0.3, 0.4) is 0 Å². The van der Waals surface area contributed by atoms with Crippen molar-refractivity contribution >= 4 is 32.7 Å². The second-order valence-electron chi connectivity index (χ2n) is 7.94. The molecule has 0 unspecified atom stereocenters. The number of imidazole rings is 1. The maximum atomic E-state index is 12.6. The van der Waals surface area contributed by atoms with Gasteiger partial charge >= 0.3 is 0 Å². The summed E-state index contributed by atoms with van der Waals surface area (Å²) in [4.78, 5) is 20.5. The zero-order chi connectivity index (χ0) is 21.9. The molecule has 0 aliphatic rings. The minimum atomic E-state index is -3.64. The van der Waals surface area contributed by atoms with Crippen LogP contribution in [0.2, 0.25) is 0 Å². The van der Waals surface area contributed by atoms with E-state index in [1.54, 1.807) is 6.07 Å². The van der Waals surface area contributed by atoms with Crippen LogP contribution in [0.5, 0.6) is 0 Å². The van der Waals surface area contributed by atoms with Gasteiger partial charge in [-0.1, -0.05) is 20.8 Å². The smallest absolute Gasteiger partial charge is 0.255 e. The highest BCUT2D eigenvalue weighted by Crippen LogP contribution is 2.24. The first kappa shape index (κ1) is 21.9. The average Bonchev–Trinajstić information content (AvgIpc) is 3.12. The van der Waals surface area contributed by atoms with Crippen molar-refractivity contribution in [3.63, 3.8) is 0 Å². The first-order valence-corrected chi connectivity index (χ1v) is 11.0. The number of aromatic nitrogens is 2. The summed E-state index contributed by atoms with van der Waals surface area (Å²) in [5.41, 5.74) is 2.53.